The van der Waals surface area contributed by atoms with Crippen LogP contribution in [0.15, 0.2) is 59.4 Å². The predicted octanol–water partition coefficient (Wildman–Crippen LogP) is 4.05. The molecule has 0 N–H and O–H groups in total. The molecule has 0 fully saturated rings. The molecule has 0 unspecified atom stereocenters. The van der Waals surface area contributed by atoms with Gasteiger partial charge in [-0.3, -0.25) is 9.59 Å². The second-order valence-electron chi connectivity index (χ2n) is 8.00. The lowest BCUT2D eigenvalue weighted by atomic mass is 10.1. The van der Waals surface area contributed by atoms with Crippen molar-refractivity contribution in [3.8, 4) is 11.4 Å². The van der Waals surface area contributed by atoms with Gasteiger partial charge in [-0.2, -0.15) is 9.50 Å². The molecule has 162 valence electrons. The summed E-state index contributed by atoms with van der Waals surface area (Å²) >= 11 is 1.23. The molecular formula is C25H24N4O2S. The molecule has 5 rings (SSSR count). The molecule has 0 spiro atoms. The molecular weight excluding hydrogens is 420 g/mol. The zero-order valence-corrected chi connectivity index (χ0v) is 18.8. The van der Waals surface area contributed by atoms with Crippen LogP contribution in [0.1, 0.15) is 44.6 Å². The number of amides is 1. The van der Waals surface area contributed by atoms with Crippen molar-refractivity contribution in [1.82, 2.24) is 14.6 Å². The Labute approximate surface area is 189 Å². The lowest BCUT2D eigenvalue weighted by Gasteiger charge is -2.16. The number of hydrogen-bond acceptors (Lipinski definition) is 5. The number of nitrogens with zero attached hydrogens (tertiary/aromatic N) is 4. The van der Waals surface area contributed by atoms with Gasteiger partial charge in [0.1, 0.15) is 4.53 Å². The molecule has 0 saturated heterocycles. The molecule has 2 aromatic carbocycles. The monoisotopic (exact) mass is 444 g/mol. The molecule has 32 heavy (non-hydrogen) atoms. The van der Waals surface area contributed by atoms with Crippen molar-refractivity contribution in [2.24, 2.45) is 0 Å². The summed E-state index contributed by atoms with van der Waals surface area (Å²) in [4.78, 5) is 33.5. The minimum atomic E-state index is -0.289. The van der Waals surface area contributed by atoms with Crippen LogP contribution in [-0.2, 0) is 4.79 Å². The zero-order chi connectivity index (χ0) is 22.1. The largest absolute Gasteiger partial charge is 0.308 e. The van der Waals surface area contributed by atoms with E-state index in [1.54, 1.807) is 0 Å². The molecule has 1 aliphatic heterocycles. The van der Waals surface area contributed by atoms with E-state index >= 15 is 0 Å². The van der Waals surface area contributed by atoms with Crippen molar-refractivity contribution < 1.29 is 4.79 Å². The van der Waals surface area contributed by atoms with Gasteiger partial charge in [-0.25, -0.2) is 0 Å². The number of aromatic nitrogens is 3. The quantitative estimate of drug-likeness (QED) is 0.403. The van der Waals surface area contributed by atoms with E-state index in [-0.39, 0.29) is 11.5 Å². The highest BCUT2D eigenvalue weighted by molar-refractivity contribution is 7.15. The second-order valence-corrected chi connectivity index (χ2v) is 8.97. The van der Waals surface area contributed by atoms with Crippen LogP contribution >= 0.6 is 11.3 Å². The molecule has 0 saturated carbocycles. The Hall–Kier alpha value is -3.32. The molecule has 0 radical (unpaired) electrons. The molecule has 0 bridgehead atoms. The summed E-state index contributed by atoms with van der Waals surface area (Å²) in [6, 6.07) is 17.3. The van der Waals surface area contributed by atoms with Crippen LogP contribution < -0.4 is 15.0 Å². The number of unbranched alkanes of at least 4 members (excludes halogenated alkanes) is 4. The van der Waals surface area contributed by atoms with E-state index in [1.165, 1.54) is 35.1 Å². The molecule has 1 aliphatic rings. The van der Waals surface area contributed by atoms with E-state index in [1.807, 2.05) is 59.5 Å². The van der Waals surface area contributed by atoms with E-state index < -0.39 is 0 Å². The number of anilines is 1. The summed E-state index contributed by atoms with van der Waals surface area (Å²) in [6.45, 7) is 2.85. The maximum atomic E-state index is 13.4. The molecule has 4 aromatic rings. The molecule has 6 nitrogen and oxygen atoms in total. The van der Waals surface area contributed by atoms with Gasteiger partial charge < -0.3 is 4.90 Å². The van der Waals surface area contributed by atoms with Crippen molar-refractivity contribution in [1.29, 1.82) is 0 Å². The van der Waals surface area contributed by atoms with Crippen molar-refractivity contribution in [3.05, 3.63) is 75.0 Å². The summed E-state index contributed by atoms with van der Waals surface area (Å²) in [5.74, 6) is 0.406. The summed E-state index contributed by atoms with van der Waals surface area (Å²) < 4.78 is 1.73. The summed E-state index contributed by atoms with van der Waals surface area (Å²) in [7, 11) is 0. The molecule has 1 amide bonds. The fraction of sp³-hybridized carbons (Fsp3) is 0.280. The summed E-state index contributed by atoms with van der Waals surface area (Å²) in [5.41, 5.74) is 2.73. The van der Waals surface area contributed by atoms with Gasteiger partial charge in [0.15, 0.2) is 5.82 Å². The van der Waals surface area contributed by atoms with E-state index in [4.69, 9.17) is 0 Å². The first-order valence-electron chi connectivity index (χ1n) is 11.1. The number of carbonyl (C=O) groups excluding carboxylic acids is 1. The predicted molar refractivity (Wildman–Crippen MR) is 128 cm³/mol. The van der Waals surface area contributed by atoms with Crippen molar-refractivity contribution in [2.75, 3.05) is 11.4 Å². The Kier molecular flexibility index (Phi) is 5.57. The van der Waals surface area contributed by atoms with Gasteiger partial charge in [0.2, 0.25) is 4.96 Å². The maximum absolute atomic E-state index is 13.4. The minimum Gasteiger partial charge on any atom is -0.308 e. The van der Waals surface area contributed by atoms with Crippen molar-refractivity contribution in [3.63, 3.8) is 0 Å². The number of rotatable bonds is 7. The van der Waals surface area contributed by atoms with Gasteiger partial charge in [-0.1, -0.05) is 92.5 Å². The third-order valence-electron chi connectivity index (χ3n) is 5.82. The molecule has 0 aliphatic carbocycles. The van der Waals surface area contributed by atoms with Crippen LogP contribution in [0.2, 0.25) is 0 Å². The van der Waals surface area contributed by atoms with Crippen LogP contribution in [0.25, 0.3) is 21.9 Å². The van der Waals surface area contributed by atoms with Gasteiger partial charge in [-0.15, -0.1) is 5.10 Å². The lowest BCUT2D eigenvalue weighted by Crippen LogP contribution is -2.33. The molecule has 3 heterocycles. The highest BCUT2D eigenvalue weighted by atomic mass is 32.1. The van der Waals surface area contributed by atoms with E-state index in [2.05, 4.69) is 17.0 Å². The number of para-hydroxylation sites is 1. The normalized spacial score (nSPS) is 15.0. The van der Waals surface area contributed by atoms with E-state index in [9.17, 15) is 9.59 Å². The number of fused-ring (bicyclic) bond motifs is 2. The summed E-state index contributed by atoms with van der Waals surface area (Å²) in [6.07, 6.45) is 5.64. The zero-order valence-electron chi connectivity index (χ0n) is 18.0. The van der Waals surface area contributed by atoms with Crippen LogP contribution in [-0.4, -0.2) is 27.0 Å². The molecule has 0 atom stereocenters. The molecule has 2 aromatic heterocycles. The lowest BCUT2D eigenvalue weighted by molar-refractivity contribution is -0.113. The summed E-state index contributed by atoms with van der Waals surface area (Å²) in [5, 5.41) is 4.42. The van der Waals surface area contributed by atoms with Crippen LogP contribution in [0, 0.1) is 0 Å². The Morgan fingerprint density at radius 2 is 1.66 bits per heavy atom. The topological polar surface area (TPSA) is 67.6 Å². The van der Waals surface area contributed by atoms with Crippen molar-refractivity contribution in [2.45, 2.75) is 39.0 Å². The first-order valence-corrected chi connectivity index (χ1v) is 11.9. The minimum absolute atomic E-state index is 0.105. The SMILES string of the molecule is CCCCCCCN1C(=O)C(=c2sc3nc(-c4ccccc4)nn3c2=O)c2ccccc21. The number of thiazole rings is 1. The Balaban J connectivity index is 1.55. The van der Waals surface area contributed by atoms with E-state index in [0.29, 0.717) is 27.4 Å². The van der Waals surface area contributed by atoms with Gasteiger partial charge in [0.05, 0.1) is 11.3 Å². The van der Waals surface area contributed by atoms with Gasteiger partial charge >= 0.3 is 0 Å². The Morgan fingerprint density at radius 3 is 2.44 bits per heavy atom. The highest BCUT2D eigenvalue weighted by Crippen LogP contribution is 2.35. The second kappa shape index (κ2) is 8.67. The Morgan fingerprint density at radius 1 is 0.906 bits per heavy atom. The standard InChI is InChI=1S/C25H24N4O2S/c1-2-3-4-5-11-16-28-19-15-10-9-14-18(19)20(23(28)30)21-24(31)29-25(32-21)26-22(27-29)17-12-7-6-8-13-17/h6-10,12-15H,2-5,11,16H2,1H3. The third kappa shape index (κ3) is 3.52. The van der Waals surface area contributed by atoms with Crippen molar-refractivity contribution >= 4 is 33.5 Å². The fourth-order valence-corrected chi connectivity index (χ4v) is 5.19. The van der Waals surface area contributed by atoms with Crippen LogP contribution in [0.5, 0.6) is 0 Å². The highest BCUT2D eigenvalue weighted by Gasteiger charge is 2.33. The maximum Gasteiger partial charge on any atom is 0.291 e. The van der Waals surface area contributed by atoms with Gasteiger partial charge in [0.25, 0.3) is 11.5 Å². The van der Waals surface area contributed by atoms with Gasteiger partial charge in [-0.05, 0) is 12.5 Å². The average molecular weight is 445 g/mol. The average Bonchev–Trinajstić information content (AvgIpc) is 3.45. The Bertz CT molecular complexity index is 1390. The van der Waals surface area contributed by atoms with Gasteiger partial charge in [0, 0.05) is 17.7 Å². The smallest absolute Gasteiger partial charge is 0.291 e. The number of carbonyl (C=O) groups is 1. The van der Waals surface area contributed by atoms with Crippen LogP contribution in [0.4, 0.5) is 5.69 Å². The first kappa shape index (κ1) is 20.6. The number of hydrogen-bond donors (Lipinski definition) is 0. The first-order chi connectivity index (χ1) is 15.7. The van der Waals surface area contributed by atoms with Crippen LogP contribution in [0.3, 0.4) is 0 Å². The third-order valence-corrected chi connectivity index (χ3v) is 6.85. The molecule has 7 heteroatoms. The fourth-order valence-electron chi connectivity index (χ4n) is 4.19. The van der Waals surface area contributed by atoms with E-state index in [0.717, 1.165) is 29.7 Å². The number of benzene rings is 2.